The van der Waals surface area contributed by atoms with Crippen LogP contribution in [0.25, 0.3) is 10.2 Å². The van der Waals surface area contributed by atoms with E-state index in [9.17, 15) is 4.79 Å². The number of rotatable bonds is 3. The Labute approximate surface area is 139 Å². The van der Waals surface area contributed by atoms with Crippen LogP contribution < -0.4 is 4.90 Å². The summed E-state index contributed by atoms with van der Waals surface area (Å²) in [6.45, 7) is 10.3. The number of carbonyl (C=O) groups is 1. The lowest BCUT2D eigenvalue weighted by molar-refractivity contribution is 0.0525. The van der Waals surface area contributed by atoms with Gasteiger partial charge in [-0.25, -0.2) is 14.8 Å². The van der Waals surface area contributed by atoms with Gasteiger partial charge in [0.1, 0.15) is 21.3 Å². The van der Waals surface area contributed by atoms with Crippen LogP contribution in [0.1, 0.15) is 34.9 Å². The molecular weight excluding hydrogens is 314 g/mol. The van der Waals surface area contributed by atoms with Gasteiger partial charge in [0.05, 0.1) is 24.7 Å². The fourth-order valence-electron chi connectivity index (χ4n) is 2.85. The van der Waals surface area contributed by atoms with E-state index in [-0.39, 0.29) is 12.1 Å². The molecule has 1 saturated heterocycles. The van der Waals surface area contributed by atoms with Gasteiger partial charge in [-0.15, -0.1) is 11.3 Å². The molecule has 1 atom stereocenters. The Morgan fingerprint density at radius 3 is 2.91 bits per heavy atom. The molecule has 0 spiro atoms. The Hall–Kier alpha value is -1.73. The van der Waals surface area contributed by atoms with E-state index in [2.05, 4.69) is 21.8 Å². The highest BCUT2D eigenvalue weighted by atomic mass is 32.1. The van der Waals surface area contributed by atoms with Gasteiger partial charge in [-0.05, 0) is 33.3 Å². The fourth-order valence-corrected chi connectivity index (χ4v) is 3.97. The molecule has 1 unspecified atom stereocenters. The first-order valence-electron chi connectivity index (χ1n) is 7.82. The molecule has 0 saturated carbocycles. The number of fused-ring (bicyclic) bond motifs is 1. The first kappa shape index (κ1) is 16.1. The summed E-state index contributed by atoms with van der Waals surface area (Å²) in [5, 5.41) is 0.956. The average Bonchev–Trinajstić information content (AvgIpc) is 2.83. The van der Waals surface area contributed by atoms with Gasteiger partial charge >= 0.3 is 5.97 Å². The number of aryl methyl sites for hydroxylation is 2. The number of nitrogens with zero attached hydrogens (tertiary/aromatic N) is 3. The summed E-state index contributed by atoms with van der Waals surface area (Å²) in [5.74, 6) is 1.32. The van der Waals surface area contributed by atoms with Crippen molar-refractivity contribution in [2.75, 3.05) is 31.2 Å². The normalized spacial score (nSPS) is 18.4. The molecule has 0 aliphatic carbocycles. The lowest BCUT2D eigenvalue weighted by Crippen LogP contribution is -2.41. The highest BCUT2D eigenvalue weighted by molar-refractivity contribution is 7.20. The Bertz CT molecular complexity index is 744. The van der Waals surface area contributed by atoms with E-state index < -0.39 is 0 Å². The molecule has 0 bridgehead atoms. The zero-order valence-corrected chi connectivity index (χ0v) is 14.7. The van der Waals surface area contributed by atoms with E-state index in [4.69, 9.17) is 9.47 Å². The van der Waals surface area contributed by atoms with Gasteiger partial charge in [0.15, 0.2) is 0 Å². The maximum Gasteiger partial charge on any atom is 0.348 e. The number of thiophene rings is 1. The molecule has 3 rings (SSSR count). The predicted octanol–water partition coefficient (Wildman–Crippen LogP) is 2.71. The Morgan fingerprint density at radius 2 is 2.22 bits per heavy atom. The third-order valence-electron chi connectivity index (χ3n) is 3.88. The maximum absolute atomic E-state index is 12.2. The van der Waals surface area contributed by atoms with E-state index in [1.165, 1.54) is 11.3 Å². The van der Waals surface area contributed by atoms with Crippen LogP contribution >= 0.6 is 11.3 Å². The molecular formula is C16H21N3O3S. The molecule has 0 N–H and O–H groups in total. The predicted molar refractivity (Wildman–Crippen MR) is 90.5 cm³/mol. The lowest BCUT2D eigenvalue weighted by Gasteiger charge is -2.32. The summed E-state index contributed by atoms with van der Waals surface area (Å²) in [6, 6.07) is 0. The Morgan fingerprint density at radius 1 is 1.43 bits per heavy atom. The quantitative estimate of drug-likeness (QED) is 0.804. The van der Waals surface area contributed by atoms with Crippen molar-refractivity contribution in [3.63, 3.8) is 0 Å². The lowest BCUT2D eigenvalue weighted by atomic mass is 10.1. The van der Waals surface area contributed by atoms with E-state index in [1.54, 1.807) is 0 Å². The van der Waals surface area contributed by atoms with Crippen LogP contribution in [0.4, 0.5) is 5.82 Å². The third kappa shape index (κ3) is 3.03. The molecule has 23 heavy (non-hydrogen) atoms. The van der Waals surface area contributed by atoms with Gasteiger partial charge in [-0.2, -0.15) is 0 Å². The summed E-state index contributed by atoms with van der Waals surface area (Å²) in [4.78, 5) is 25.0. The Kier molecular flexibility index (Phi) is 4.50. The molecule has 3 heterocycles. The standard InChI is InChI=1S/C16H21N3O3S/c1-5-21-16(20)13-10(3)12-14(17-11(4)18-15(12)23-13)19-6-7-22-9(2)8-19/h9H,5-8H2,1-4H3. The van der Waals surface area contributed by atoms with Crippen LogP contribution in [0.15, 0.2) is 0 Å². The fraction of sp³-hybridized carbons (Fsp3) is 0.562. The van der Waals surface area contributed by atoms with Crippen LogP contribution in [-0.2, 0) is 9.47 Å². The van der Waals surface area contributed by atoms with Gasteiger partial charge in [0.2, 0.25) is 0 Å². The largest absolute Gasteiger partial charge is 0.462 e. The molecule has 0 amide bonds. The number of hydrogen-bond acceptors (Lipinski definition) is 7. The first-order chi connectivity index (χ1) is 11.0. The van der Waals surface area contributed by atoms with Crippen LogP contribution in [0.2, 0.25) is 0 Å². The number of hydrogen-bond donors (Lipinski definition) is 0. The molecule has 1 fully saturated rings. The highest BCUT2D eigenvalue weighted by Gasteiger charge is 2.25. The van der Waals surface area contributed by atoms with Crippen LogP contribution in [0.3, 0.4) is 0 Å². The van der Waals surface area contributed by atoms with Crippen molar-refractivity contribution in [2.45, 2.75) is 33.8 Å². The molecule has 6 nitrogen and oxygen atoms in total. The first-order valence-corrected chi connectivity index (χ1v) is 8.64. The maximum atomic E-state index is 12.2. The van der Waals surface area contributed by atoms with E-state index in [0.717, 1.165) is 34.7 Å². The molecule has 124 valence electrons. The van der Waals surface area contributed by atoms with Gasteiger partial charge in [-0.1, -0.05) is 0 Å². The molecule has 0 aromatic carbocycles. The highest BCUT2D eigenvalue weighted by Crippen LogP contribution is 2.36. The van der Waals surface area contributed by atoms with Gasteiger partial charge in [0, 0.05) is 13.1 Å². The molecule has 2 aromatic rings. The van der Waals surface area contributed by atoms with Crippen molar-refractivity contribution in [1.82, 2.24) is 9.97 Å². The van der Waals surface area contributed by atoms with Crippen molar-refractivity contribution in [3.8, 4) is 0 Å². The van der Waals surface area contributed by atoms with Gasteiger partial charge in [0.25, 0.3) is 0 Å². The summed E-state index contributed by atoms with van der Waals surface area (Å²) in [6.07, 6.45) is 0.164. The van der Waals surface area contributed by atoms with E-state index in [1.807, 2.05) is 20.8 Å². The zero-order chi connectivity index (χ0) is 16.6. The average molecular weight is 335 g/mol. The number of aromatic nitrogens is 2. The van der Waals surface area contributed by atoms with Gasteiger partial charge < -0.3 is 14.4 Å². The molecule has 1 aliphatic heterocycles. The summed E-state index contributed by atoms with van der Waals surface area (Å²) < 4.78 is 10.8. The molecule has 0 radical (unpaired) electrons. The smallest absolute Gasteiger partial charge is 0.348 e. The van der Waals surface area contributed by atoms with Crippen molar-refractivity contribution in [2.24, 2.45) is 0 Å². The van der Waals surface area contributed by atoms with E-state index in [0.29, 0.717) is 23.9 Å². The minimum absolute atomic E-state index is 0.164. The number of ether oxygens (including phenoxy) is 2. The van der Waals surface area contributed by atoms with Crippen molar-refractivity contribution >= 4 is 33.3 Å². The monoisotopic (exact) mass is 335 g/mol. The minimum atomic E-state index is -0.285. The topological polar surface area (TPSA) is 64.5 Å². The van der Waals surface area contributed by atoms with Crippen molar-refractivity contribution < 1.29 is 14.3 Å². The third-order valence-corrected chi connectivity index (χ3v) is 5.05. The second-order valence-electron chi connectivity index (χ2n) is 5.68. The minimum Gasteiger partial charge on any atom is -0.462 e. The number of carbonyl (C=O) groups excluding carboxylic acids is 1. The van der Waals surface area contributed by atoms with Crippen molar-refractivity contribution in [1.29, 1.82) is 0 Å². The SMILES string of the molecule is CCOC(=O)c1sc2nc(C)nc(N3CCOC(C)C3)c2c1C. The van der Waals surface area contributed by atoms with Crippen LogP contribution in [0, 0.1) is 13.8 Å². The van der Waals surface area contributed by atoms with Crippen LogP contribution in [-0.4, -0.2) is 48.3 Å². The molecule has 7 heteroatoms. The second-order valence-corrected chi connectivity index (χ2v) is 6.68. The number of morpholine rings is 1. The molecule has 1 aliphatic rings. The summed E-state index contributed by atoms with van der Waals surface area (Å²) >= 11 is 1.38. The van der Waals surface area contributed by atoms with Crippen LogP contribution in [0.5, 0.6) is 0 Å². The zero-order valence-electron chi connectivity index (χ0n) is 13.9. The Balaban J connectivity index is 2.12. The number of anilines is 1. The van der Waals surface area contributed by atoms with E-state index >= 15 is 0 Å². The number of esters is 1. The summed E-state index contributed by atoms with van der Waals surface area (Å²) in [5.41, 5.74) is 0.901. The second kappa shape index (κ2) is 6.41. The van der Waals surface area contributed by atoms with Crippen molar-refractivity contribution in [3.05, 3.63) is 16.3 Å². The van der Waals surface area contributed by atoms with Gasteiger partial charge in [-0.3, -0.25) is 0 Å². The summed E-state index contributed by atoms with van der Waals surface area (Å²) in [7, 11) is 0. The molecule has 2 aromatic heterocycles.